The molecule has 3 nitrogen and oxygen atoms in total. The Morgan fingerprint density at radius 3 is 2.59 bits per heavy atom. The van der Waals surface area contributed by atoms with Crippen LogP contribution >= 0.6 is 11.6 Å². The Hall–Kier alpha value is -2.10. The number of nitrogens with two attached hydrogens (primary N) is 1. The van der Waals surface area contributed by atoms with Crippen molar-refractivity contribution in [2.45, 2.75) is 13.3 Å². The summed E-state index contributed by atoms with van der Waals surface area (Å²) in [4.78, 5) is 0. The lowest BCUT2D eigenvalue weighted by atomic mass is 10.1. The second-order valence-corrected chi connectivity index (χ2v) is 5.63. The fourth-order valence-electron chi connectivity index (χ4n) is 2.52. The van der Waals surface area contributed by atoms with Crippen molar-refractivity contribution in [2.24, 2.45) is 5.73 Å². The van der Waals surface area contributed by atoms with Crippen molar-refractivity contribution in [2.75, 3.05) is 6.54 Å². The molecule has 0 spiro atoms. The Kier molecular flexibility index (Phi) is 4.27. The fourth-order valence-corrected chi connectivity index (χ4v) is 2.69. The minimum Gasteiger partial charge on any atom is -0.330 e. The number of aromatic nitrogens is 2. The number of benzene rings is 2. The molecule has 0 fully saturated rings. The minimum absolute atomic E-state index is 0.583. The maximum Gasteiger partial charge on any atom is 0.0743 e. The van der Waals surface area contributed by atoms with Crippen molar-refractivity contribution in [3.63, 3.8) is 0 Å². The van der Waals surface area contributed by atoms with Crippen LogP contribution in [0.4, 0.5) is 0 Å². The van der Waals surface area contributed by atoms with Crippen molar-refractivity contribution in [3.8, 4) is 16.9 Å². The Morgan fingerprint density at radius 1 is 1.09 bits per heavy atom. The summed E-state index contributed by atoms with van der Waals surface area (Å²) < 4.78 is 1.96. The standard InChI is InChI=1S/C18H18ClN3/c1-13-16(19)8-5-9-17(13)22-18(12-15(21-22)10-11-20)14-6-3-2-4-7-14/h2-9,12H,10-11,20H2,1H3. The highest BCUT2D eigenvalue weighted by atomic mass is 35.5. The maximum absolute atomic E-state index is 6.27. The Balaban J connectivity index is 2.19. The third kappa shape index (κ3) is 2.78. The number of rotatable bonds is 4. The molecule has 0 saturated carbocycles. The second-order valence-electron chi connectivity index (χ2n) is 5.22. The van der Waals surface area contributed by atoms with Gasteiger partial charge in [-0.15, -0.1) is 0 Å². The van der Waals surface area contributed by atoms with Crippen LogP contribution in [-0.4, -0.2) is 16.3 Å². The smallest absolute Gasteiger partial charge is 0.0743 e. The van der Waals surface area contributed by atoms with Crippen molar-refractivity contribution in [3.05, 3.63) is 70.9 Å². The van der Waals surface area contributed by atoms with E-state index in [1.165, 1.54) is 0 Å². The van der Waals surface area contributed by atoms with Gasteiger partial charge >= 0.3 is 0 Å². The largest absolute Gasteiger partial charge is 0.330 e. The highest BCUT2D eigenvalue weighted by Gasteiger charge is 2.13. The second kappa shape index (κ2) is 6.34. The third-order valence-electron chi connectivity index (χ3n) is 3.70. The molecule has 2 aromatic carbocycles. The molecule has 0 amide bonds. The molecule has 0 aliphatic rings. The number of hydrogen-bond acceptors (Lipinski definition) is 2. The van der Waals surface area contributed by atoms with E-state index >= 15 is 0 Å². The molecule has 3 aromatic rings. The minimum atomic E-state index is 0.583. The molecule has 0 aliphatic carbocycles. The van der Waals surface area contributed by atoms with Gasteiger partial charge in [-0.3, -0.25) is 0 Å². The first-order valence-electron chi connectivity index (χ1n) is 7.30. The van der Waals surface area contributed by atoms with E-state index in [1.807, 2.05) is 48.0 Å². The van der Waals surface area contributed by atoms with Crippen LogP contribution in [0.2, 0.25) is 5.02 Å². The van der Waals surface area contributed by atoms with Crippen LogP contribution in [0.1, 0.15) is 11.3 Å². The first-order chi connectivity index (χ1) is 10.7. The number of hydrogen-bond donors (Lipinski definition) is 1. The molecule has 0 bridgehead atoms. The SMILES string of the molecule is Cc1c(Cl)cccc1-n1nc(CCN)cc1-c1ccccc1. The predicted octanol–water partition coefficient (Wildman–Crippen LogP) is 4.00. The van der Waals surface area contributed by atoms with Gasteiger partial charge in [-0.25, -0.2) is 4.68 Å². The lowest BCUT2D eigenvalue weighted by molar-refractivity contribution is 0.822. The molecule has 0 atom stereocenters. The van der Waals surface area contributed by atoms with Gasteiger partial charge in [-0.05, 0) is 37.2 Å². The monoisotopic (exact) mass is 311 g/mol. The quantitative estimate of drug-likeness (QED) is 0.791. The normalized spacial score (nSPS) is 10.9. The van der Waals surface area contributed by atoms with Crippen LogP contribution in [-0.2, 0) is 6.42 Å². The van der Waals surface area contributed by atoms with Gasteiger partial charge in [0.05, 0.1) is 17.1 Å². The fraction of sp³-hybridized carbons (Fsp3) is 0.167. The molecular weight excluding hydrogens is 294 g/mol. The van der Waals surface area contributed by atoms with E-state index in [4.69, 9.17) is 22.4 Å². The summed E-state index contributed by atoms with van der Waals surface area (Å²) >= 11 is 6.27. The average Bonchev–Trinajstić information content (AvgIpc) is 2.95. The Bertz CT molecular complexity index is 778. The van der Waals surface area contributed by atoms with Gasteiger partial charge in [0.15, 0.2) is 0 Å². The molecule has 1 heterocycles. The predicted molar refractivity (Wildman–Crippen MR) is 91.5 cm³/mol. The van der Waals surface area contributed by atoms with Gasteiger partial charge in [-0.1, -0.05) is 48.0 Å². The van der Waals surface area contributed by atoms with E-state index in [2.05, 4.69) is 18.2 Å². The first-order valence-corrected chi connectivity index (χ1v) is 7.68. The van der Waals surface area contributed by atoms with E-state index in [1.54, 1.807) is 0 Å². The van der Waals surface area contributed by atoms with E-state index in [9.17, 15) is 0 Å². The molecule has 0 unspecified atom stereocenters. The van der Waals surface area contributed by atoms with E-state index in [0.717, 1.165) is 39.6 Å². The van der Waals surface area contributed by atoms with Gasteiger partial charge in [-0.2, -0.15) is 5.10 Å². The zero-order valence-electron chi connectivity index (χ0n) is 12.5. The van der Waals surface area contributed by atoms with Gasteiger partial charge in [0.2, 0.25) is 0 Å². The van der Waals surface area contributed by atoms with Crippen LogP contribution in [0, 0.1) is 6.92 Å². The molecule has 3 rings (SSSR count). The molecule has 0 radical (unpaired) electrons. The summed E-state index contributed by atoms with van der Waals surface area (Å²) in [5.74, 6) is 0. The third-order valence-corrected chi connectivity index (χ3v) is 4.11. The summed E-state index contributed by atoms with van der Waals surface area (Å²) in [6.45, 7) is 2.59. The average molecular weight is 312 g/mol. The van der Waals surface area contributed by atoms with E-state index in [-0.39, 0.29) is 0 Å². The highest BCUT2D eigenvalue weighted by molar-refractivity contribution is 6.31. The number of halogens is 1. The maximum atomic E-state index is 6.27. The summed E-state index contributed by atoms with van der Waals surface area (Å²) in [7, 11) is 0. The highest BCUT2D eigenvalue weighted by Crippen LogP contribution is 2.28. The molecule has 22 heavy (non-hydrogen) atoms. The lowest BCUT2D eigenvalue weighted by Crippen LogP contribution is -2.05. The van der Waals surface area contributed by atoms with Crippen molar-refractivity contribution in [1.82, 2.24) is 9.78 Å². The molecule has 0 aliphatic heterocycles. The van der Waals surface area contributed by atoms with Crippen LogP contribution in [0.5, 0.6) is 0 Å². The van der Waals surface area contributed by atoms with Gasteiger partial charge < -0.3 is 5.73 Å². The number of nitrogens with zero attached hydrogens (tertiary/aromatic N) is 2. The van der Waals surface area contributed by atoms with Crippen LogP contribution in [0.25, 0.3) is 16.9 Å². The summed E-state index contributed by atoms with van der Waals surface area (Å²) in [6, 6.07) is 18.2. The van der Waals surface area contributed by atoms with Crippen LogP contribution < -0.4 is 5.73 Å². The van der Waals surface area contributed by atoms with E-state index < -0.39 is 0 Å². The molecule has 112 valence electrons. The molecule has 0 saturated heterocycles. The van der Waals surface area contributed by atoms with Gasteiger partial charge in [0.1, 0.15) is 0 Å². The van der Waals surface area contributed by atoms with E-state index in [0.29, 0.717) is 6.54 Å². The first kappa shape index (κ1) is 14.8. The van der Waals surface area contributed by atoms with Crippen molar-refractivity contribution in [1.29, 1.82) is 0 Å². The molecule has 1 aromatic heterocycles. The molecule has 2 N–H and O–H groups in total. The summed E-state index contributed by atoms with van der Waals surface area (Å²) in [6.07, 6.45) is 0.756. The zero-order valence-corrected chi connectivity index (χ0v) is 13.2. The Labute approximate surface area is 135 Å². The molecule has 4 heteroatoms. The van der Waals surface area contributed by atoms with Crippen LogP contribution in [0.3, 0.4) is 0 Å². The van der Waals surface area contributed by atoms with Gasteiger partial charge in [0.25, 0.3) is 0 Å². The van der Waals surface area contributed by atoms with Gasteiger partial charge in [0, 0.05) is 17.0 Å². The molecular formula is C18H18ClN3. The summed E-state index contributed by atoms with van der Waals surface area (Å²) in [5.41, 5.74) is 10.9. The van der Waals surface area contributed by atoms with Crippen LogP contribution in [0.15, 0.2) is 54.6 Å². The lowest BCUT2D eigenvalue weighted by Gasteiger charge is -2.11. The topological polar surface area (TPSA) is 43.8 Å². The van der Waals surface area contributed by atoms with Crippen molar-refractivity contribution >= 4 is 11.6 Å². The van der Waals surface area contributed by atoms with Crippen molar-refractivity contribution < 1.29 is 0 Å². The summed E-state index contributed by atoms with van der Waals surface area (Å²) in [5, 5.41) is 5.47. The zero-order chi connectivity index (χ0) is 15.5. The Morgan fingerprint density at radius 2 is 1.86 bits per heavy atom.